The van der Waals surface area contributed by atoms with E-state index in [4.69, 9.17) is 11.6 Å². The zero-order valence-corrected chi connectivity index (χ0v) is 18.7. The summed E-state index contributed by atoms with van der Waals surface area (Å²) in [5.41, 5.74) is -0.600. The number of thioether (sulfide) groups is 1. The molecular weight excluding hydrogens is 475 g/mol. The third kappa shape index (κ3) is 4.94. The van der Waals surface area contributed by atoms with Crippen LogP contribution in [-0.4, -0.2) is 32.2 Å². The maximum Gasteiger partial charge on any atom is 0.416 e. The van der Waals surface area contributed by atoms with E-state index in [2.05, 4.69) is 15.3 Å². The van der Waals surface area contributed by atoms with Crippen molar-refractivity contribution in [1.82, 2.24) is 9.97 Å². The number of thiophene rings is 1. The number of carboxylic acids is 1. The molecular formula is C19H15ClF3N3O3S2. The van der Waals surface area contributed by atoms with E-state index in [0.29, 0.717) is 26.6 Å². The molecule has 0 aliphatic heterocycles. The van der Waals surface area contributed by atoms with E-state index in [-0.39, 0.29) is 15.6 Å². The van der Waals surface area contributed by atoms with Crippen molar-refractivity contribution >= 4 is 62.5 Å². The summed E-state index contributed by atoms with van der Waals surface area (Å²) >= 11 is 8.01. The number of benzene rings is 1. The Balaban J connectivity index is 1.88. The summed E-state index contributed by atoms with van der Waals surface area (Å²) in [7, 11) is 0. The smallest absolute Gasteiger partial charge is 0.416 e. The number of fused-ring (bicyclic) bond motifs is 1. The number of nitrogens with zero attached hydrogens (tertiary/aromatic N) is 2. The number of rotatable bonds is 5. The van der Waals surface area contributed by atoms with Crippen LogP contribution in [0.15, 0.2) is 23.2 Å². The van der Waals surface area contributed by atoms with E-state index >= 15 is 0 Å². The molecule has 31 heavy (non-hydrogen) atoms. The number of aromatic carboxylic acids is 1. The van der Waals surface area contributed by atoms with Crippen LogP contribution < -0.4 is 5.32 Å². The average Bonchev–Trinajstić information content (AvgIpc) is 2.99. The van der Waals surface area contributed by atoms with E-state index in [1.54, 1.807) is 20.8 Å². The number of anilines is 1. The second-order valence-corrected chi connectivity index (χ2v) is 9.29. The Labute approximate surface area is 187 Å². The summed E-state index contributed by atoms with van der Waals surface area (Å²) < 4.78 is 38.9. The minimum absolute atomic E-state index is 0.0291. The minimum Gasteiger partial charge on any atom is -0.477 e. The van der Waals surface area contributed by atoms with Crippen molar-refractivity contribution in [2.45, 2.75) is 37.2 Å². The molecule has 6 nitrogen and oxygen atoms in total. The summed E-state index contributed by atoms with van der Waals surface area (Å²) in [6, 6.07) is 2.67. The Hall–Kier alpha value is -2.37. The van der Waals surface area contributed by atoms with E-state index in [1.165, 1.54) is 0 Å². The molecule has 0 saturated heterocycles. The molecule has 164 valence electrons. The number of aryl methyl sites for hydroxylation is 2. The van der Waals surface area contributed by atoms with Crippen LogP contribution in [0, 0.1) is 13.8 Å². The van der Waals surface area contributed by atoms with Gasteiger partial charge in [-0.05, 0) is 44.5 Å². The third-order valence-electron chi connectivity index (χ3n) is 4.27. The number of alkyl halides is 3. The average molecular weight is 490 g/mol. The lowest BCUT2D eigenvalue weighted by Crippen LogP contribution is -2.23. The van der Waals surface area contributed by atoms with Crippen LogP contribution in [-0.2, 0) is 11.0 Å². The van der Waals surface area contributed by atoms with Gasteiger partial charge in [0.1, 0.15) is 20.6 Å². The first-order chi connectivity index (χ1) is 14.4. The molecule has 1 aromatic carbocycles. The Morgan fingerprint density at radius 1 is 1.26 bits per heavy atom. The number of nitrogens with one attached hydrogen (secondary N) is 1. The van der Waals surface area contributed by atoms with Crippen LogP contribution in [0.25, 0.3) is 10.2 Å². The Morgan fingerprint density at radius 3 is 2.55 bits per heavy atom. The number of aromatic nitrogens is 2. The van der Waals surface area contributed by atoms with Gasteiger partial charge in [-0.3, -0.25) is 4.79 Å². The van der Waals surface area contributed by atoms with Gasteiger partial charge in [-0.15, -0.1) is 11.3 Å². The normalized spacial score (nSPS) is 12.7. The SMILES string of the molecule is Cc1nc(S[C@@H](C)C(=O)Nc2cc(C(F)(F)F)ccc2Cl)c2c(C)c(C(=O)O)sc2n1. The first-order valence-corrected chi connectivity index (χ1v) is 10.8. The van der Waals surface area contributed by atoms with Crippen molar-refractivity contribution in [3.63, 3.8) is 0 Å². The molecule has 2 heterocycles. The monoisotopic (exact) mass is 489 g/mol. The maximum absolute atomic E-state index is 13.0. The van der Waals surface area contributed by atoms with E-state index in [0.717, 1.165) is 41.3 Å². The highest BCUT2D eigenvalue weighted by Gasteiger charge is 2.31. The molecule has 3 aromatic rings. The van der Waals surface area contributed by atoms with E-state index < -0.39 is 28.9 Å². The lowest BCUT2D eigenvalue weighted by Gasteiger charge is -2.15. The summed E-state index contributed by atoms with van der Waals surface area (Å²) in [4.78, 5) is 33.3. The van der Waals surface area contributed by atoms with Gasteiger partial charge in [-0.2, -0.15) is 13.2 Å². The van der Waals surface area contributed by atoms with Crippen LogP contribution in [0.1, 0.15) is 33.5 Å². The van der Waals surface area contributed by atoms with E-state index in [9.17, 15) is 27.9 Å². The molecule has 0 fully saturated rings. The Bertz CT molecular complexity index is 1200. The van der Waals surface area contributed by atoms with Crippen molar-refractivity contribution < 1.29 is 27.9 Å². The van der Waals surface area contributed by atoms with Crippen molar-refractivity contribution in [1.29, 1.82) is 0 Å². The third-order valence-corrected chi connectivity index (χ3v) is 6.86. The molecule has 0 bridgehead atoms. The number of hydrogen-bond donors (Lipinski definition) is 2. The predicted octanol–water partition coefficient (Wildman–Crippen LogP) is 5.80. The molecule has 2 N–H and O–H groups in total. The van der Waals surface area contributed by atoms with Gasteiger partial charge in [0.05, 0.1) is 21.5 Å². The molecule has 0 saturated carbocycles. The Morgan fingerprint density at radius 2 is 1.94 bits per heavy atom. The maximum atomic E-state index is 13.0. The summed E-state index contributed by atoms with van der Waals surface area (Å²) in [5, 5.41) is 11.9. The second kappa shape index (κ2) is 8.64. The lowest BCUT2D eigenvalue weighted by atomic mass is 10.2. The molecule has 3 rings (SSSR count). The van der Waals surface area contributed by atoms with Crippen LogP contribution in [0.5, 0.6) is 0 Å². The fourth-order valence-corrected chi connectivity index (χ4v) is 5.09. The van der Waals surface area contributed by atoms with Gasteiger partial charge in [0.15, 0.2) is 0 Å². The molecule has 2 aromatic heterocycles. The van der Waals surface area contributed by atoms with Gasteiger partial charge in [-0.1, -0.05) is 23.4 Å². The second-order valence-electron chi connectivity index (χ2n) is 6.56. The van der Waals surface area contributed by atoms with Crippen molar-refractivity contribution in [3.05, 3.63) is 45.1 Å². The molecule has 0 radical (unpaired) electrons. The number of carbonyl (C=O) groups excluding carboxylic acids is 1. The minimum atomic E-state index is -4.58. The van der Waals surface area contributed by atoms with Gasteiger partial charge >= 0.3 is 12.1 Å². The predicted molar refractivity (Wildman–Crippen MR) is 114 cm³/mol. The van der Waals surface area contributed by atoms with Crippen molar-refractivity contribution in [3.8, 4) is 0 Å². The van der Waals surface area contributed by atoms with Crippen LogP contribution in [0.2, 0.25) is 5.02 Å². The fraction of sp³-hybridized carbons (Fsp3) is 0.263. The van der Waals surface area contributed by atoms with Gasteiger partial charge in [0.25, 0.3) is 0 Å². The van der Waals surface area contributed by atoms with E-state index in [1.807, 2.05) is 0 Å². The van der Waals surface area contributed by atoms with Crippen LogP contribution in [0.3, 0.4) is 0 Å². The molecule has 1 atom stereocenters. The molecule has 0 aliphatic rings. The zero-order valence-electron chi connectivity index (χ0n) is 16.3. The van der Waals surface area contributed by atoms with Crippen molar-refractivity contribution in [2.24, 2.45) is 0 Å². The Kier molecular flexibility index (Phi) is 6.49. The van der Waals surface area contributed by atoms with Gasteiger partial charge in [-0.25, -0.2) is 14.8 Å². The molecule has 0 unspecified atom stereocenters. The summed E-state index contributed by atoms with van der Waals surface area (Å²) in [6.07, 6.45) is -4.58. The number of carbonyl (C=O) groups is 2. The molecule has 12 heteroatoms. The molecule has 0 spiro atoms. The van der Waals surface area contributed by atoms with Crippen molar-refractivity contribution in [2.75, 3.05) is 5.32 Å². The highest BCUT2D eigenvalue weighted by molar-refractivity contribution is 8.00. The molecule has 0 aliphatic carbocycles. The topological polar surface area (TPSA) is 92.2 Å². The standard InChI is InChI=1S/C19H15ClF3N3O3S2/c1-7-13-16(24-9(3)25-17(13)31-14(7)18(28)29)30-8(2)15(27)26-12-6-10(19(21,22)23)4-5-11(12)20/h4-6,8H,1-3H3,(H,26,27)(H,28,29)/t8-/m0/s1. The van der Waals surface area contributed by atoms with Crippen LogP contribution in [0.4, 0.5) is 18.9 Å². The van der Waals surface area contributed by atoms with Gasteiger partial charge in [0, 0.05) is 5.39 Å². The lowest BCUT2D eigenvalue weighted by molar-refractivity contribution is -0.137. The highest BCUT2D eigenvalue weighted by Crippen LogP contribution is 2.38. The number of halogens is 4. The number of amides is 1. The summed E-state index contributed by atoms with van der Waals surface area (Å²) in [5.74, 6) is -1.26. The molecule has 1 amide bonds. The number of carboxylic acid groups (broad SMARTS) is 1. The highest BCUT2D eigenvalue weighted by atomic mass is 35.5. The number of hydrogen-bond acceptors (Lipinski definition) is 6. The largest absolute Gasteiger partial charge is 0.477 e. The first kappa shape index (κ1) is 23.3. The zero-order chi connectivity index (χ0) is 23.1. The fourth-order valence-electron chi connectivity index (χ4n) is 2.75. The van der Waals surface area contributed by atoms with Gasteiger partial charge in [0.2, 0.25) is 5.91 Å². The van der Waals surface area contributed by atoms with Gasteiger partial charge < -0.3 is 10.4 Å². The van der Waals surface area contributed by atoms with Crippen LogP contribution >= 0.6 is 34.7 Å². The first-order valence-electron chi connectivity index (χ1n) is 8.73. The summed E-state index contributed by atoms with van der Waals surface area (Å²) in [6.45, 7) is 4.84. The quantitative estimate of drug-likeness (QED) is 0.347.